The van der Waals surface area contributed by atoms with Gasteiger partial charge in [-0.3, -0.25) is 9.58 Å². The molecule has 0 saturated heterocycles. The first-order valence-corrected chi connectivity index (χ1v) is 8.80. The van der Waals surface area contributed by atoms with Gasteiger partial charge in [-0.05, 0) is 12.0 Å². The van der Waals surface area contributed by atoms with Crippen LogP contribution in [0.3, 0.4) is 0 Å². The van der Waals surface area contributed by atoms with Crippen molar-refractivity contribution in [2.45, 2.75) is 13.0 Å². The van der Waals surface area contributed by atoms with E-state index in [2.05, 4.69) is 70.8 Å². The van der Waals surface area contributed by atoms with Gasteiger partial charge in [0.25, 0.3) is 0 Å². The van der Waals surface area contributed by atoms with Crippen molar-refractivity contribution in [3.63, 3.8) is 0 Å². The van der Waals surface area contributed by atoms with Crippen molar-refractivity contribution in [1.29, 1.82) is 0 Å². The first-order valence-electron chi connectivity index (χ1n) is 8.80. The van der Waals surface area contributed by atoms with Gasteiger partial charge in [0.15, 0.2) is 0 Å². The van der Waals surface area contributed by atoms with E-state index < -0.39 is 0 Å². The number of nitrogens with zero attached hydrogens (tertiary/aromatic N) is 3. The molecule has 0 radical (unpaired) electrons. The summed E-state index contributed by atoms with van der Waals surface area (Å²) in [6.07, 6.45) is 3.15. The largest absolute Gasteiger partial charge is 0.329 e. The summed E-state index contributed by atoms with van der Waals surface area (Å²) in [7, 11) is 1.98. The second-order valence-electron chi connectivity index (χ2n) is 6.34. The Hall–Kier alpha value is -2.14. The Labute approximate surface area is 162 Å². The number of hydrogen-bond acceptors (Lipinski definition) is 3. The molecule has 138 valence electrons. The molecule has 5 heteroatoms. The van der Waals surface area contributed by atoms with Crippen LogP contribution in [0.25, 0.3) is 11.3 Å². The highest BCUT2D eigenvalue weighted by atomic mass is 35.5. The molecule has 1 aromatic heterocycles. The Morgan fingerprint density at radius 1 is 0.962 bits per heavy atom. The summed E-state index contributed by atoms with van der Waals surface area (Å²) in [6, 6.07) is 21.0. The normalized spacial score (nSPS) is 10.7. The Morgan fingerprint density at radius 3 is 2.27 bits per heavy atom. The number of nitrogens with two attached hydrogens (primary N) is 1. The second-order valence-corrected chi connectivity index (χ2v) is 6.34. The standard InChI is InChI=1S/C21H26N4.ClH/c1-24-16-20(21(23-24)19-10-6-3-7-11-19)17-25(15-13-22)14-12-18-8-4-2-5-9-18;/h2-11,16H,12-15,17,22H2,1H3;1H. The summed E-state index contributed by atoms with van der Waals surface area (Å²) >= 11 is 0. The van der Waals surface area contributed by atoms with Crippen LogP contribution in [-0.4, -0.2) is 34.3 Å². The Kier molecular flexibility index (Phi) is 7.85. The summed E-state index contributed by atoms with van der Waals surface area (Å²) in [5.74, 6) is 0. The lowest BCUT2D eigenvalue weighted by atomic mass is 10.1. The van der Waals surface area contributed by atoms with E-state index in [1.165, 1.54) is 11.1 Å². The zero-order valence-electron chi connectivity index (χ0n) is 15.2. The van der Waals surface area contributed by atoms with E-state index in [-0.39, 0.29) is 12.4 Å². The van der Waals surface area contributed by atoms with Gasteiger partial charge >= 0.3 is 0 Å². The van der Waals surface area contributed by atoms with E-state index in [0.717, 1.165) is 37.3 Å². The fourth-order valence-corrected chi connectivity index (χ4v) is 3.12. The van der Waals surface area contributed by atoms with Crippen molar-refractivity contribution >= 4 is 12.4 Å². The molecule has 0 spiro atoms. The number of aromatic nitrogens is 2. The predicted octanol–water partition coefficient (Wildman–Crippen LogP) is 3.51. The molecule has 0 aliphatic carbocycles. The van der Waals surface area contributed by atoms with Gasteiger partial charge in [0.1, 0.15) is 0 Å². The summed E-state index contributed by atoms with van der Waals surface area (Å²) < 4.78 is 1.90. The van der Waals surface area contributed by atoms with Crippen LogP contribution in [0.2, 0.25) is 0 Å². The molecule has 0 bridgehead atoms. The van der Waals surface area contributed by atoms with Gasteiger partial charge in [-0.25, -0.2) is 0 Å². The first-order chi connectivity index (χ1) is 12.3. The van der Waals surface area contributed by atoms with Crippen molar-refractivity contribution in [2.75, 3.05) is 19.6 Å². The maximum Gasteiger partial charge on any atom is 0.0968 e. The average molecular weight is 371 g/mol. The van der Waals surface area contributed by atoms with Crippen LogP contribution in [0.15, 0.2) is 66.9 Å². The average Bonchev–Trinajstić information content (AvgIpc) is 3.02. The molecular formula is C21H27ClN4. The summed E-state index contributed by atoms with van der Waals surface area (Å²) in [6.45, 7) is 3.40. The minimum Gasteiger partial charge on any atom is -0.329 e. The topological polar surface area (TPSA) is 47.1 Å². The quantitative estimate of drug-likeness (QED) is 0.660. The SMILES string of the molecule is Cl.Cn1cc(CN(CCN)CCc2ccccc2)c(-c2ccccc2)n1. The molecule has 2 N–H and O–H groups in total. The van der Waals surface area contributed by atoms with Crippen LogP contribution in [0.5, 0.6) is 0 Å². The maximum absolute atomic E-state index is 5.84. The molecule has 0 aliphatic heterocycles. The number of aryl methyl sites for hydroxylation is 1. The van der Waals surface area contributed by atoms with E-state index in [1.54, 1.807) is 0 Å². The van der Waals surface area contributed by atoms with Crippen LogP contribution < -0.4 is 5.73 Å². The molecule has 0 atom stereocenters. The van der Waals surface area contributed by atoms with Crippen LogP contribution in [0.1, 0.15) is 11.1 Å². The van der Waals surface area contributed by atoms with Gasteiger partial charge < -0.3 is 5.73 Å². The van der Waals surface area contributed by atoms with Crippen molar-refractivity contribution in [2.24, 2.45) is 12.8 Å². The third kappa shape index (κ3) is 5.43. The maximum atomic E-state index is 5.84. The smallest absolute Gasteiger partial charge is 0.0968 e. The molecule has 0 saturated carbocycles. The molecule has 3 rings (SSSR count). The third-order valence-corrected chi connectivity index (χ3v) is 4.35. The summed E-state index contributed by atoms with van der Waals surface area (Å²) in [5, 5.41) is 4.67. The number of benzene rings is 2. The highest BCUT2D eigenvalue weighted by Crippen LogP contribution is 2.23. The molecule has 4 nitrogen and oxygen atoms in total. The molecule has 1 heterocycles. The monoisotopic (exact) mass is 370 g/mol. The molecule has 2 aromatic carbocycles. The van der Waals surface area contributed by atoms with E-state index in [9.17, 15) is 0 Å². The molecule has 0 unspecified atom stereocenters. The Morgan fingerprint density at radius 2 is 1.62 bits per heavy atom. The molecule has 26 heavy (non-hydrogen) atoms. The lowest BCUT2D eigenvalue weighted by Crippen LogP contribution is -2.31. The van der Waals surface area contributed by atoms with Crippen molar-refractivity contribution in [1.82, 2.24) is 14.7 Å². The molecule has 0 amide bonds. The van der Waals surface area contributed by atoms with Gasteiger partial charge in [0, 0.05) is 50.6 Å². The predicted molar refractivity (Wildman–Crippen MR) is 110 cm³/mol. The van der Waals surface area contributed by atoms with Crippen LogP contribution in [0.4, 0.5) is 0 Å². The van der Waals surface area contributed by atoms with E-state index in [4.69, 9.17) is 5.73 Å². The third-order valence-electron chi connectivity index (χ3n) is 4.35. The zero-order valence-corrected chi connectivity index (χ0v) is 16.0. The van der Waals surface area contributed by atoms with Crippen LogP contribution in [-0.2, 0) is 20.0 Å². The Balaban J connectivity index is 0.00000243. The van der Waals surface area contributed by atoms with Gasteiger partial charge in [-0.2, -0.15) is 5.10 Å². The second kappa shape index (κ2) is 10.1. The van der Waals surface area contributed by atoms with Crippen molar-refractivity contribution < 1.29 is 0 Å². The lowest BCUT2D eigenvalue weighted by molar-refractivity contribution is 0.276. The van der Waals surface area contributed by atoms with Crippen LogP contribution in [0, 0.1) is 0 Å². The summed E-state index contributed by atoms with van der Waals surface area (Å²) in [4.78, 5) is 2.41. The fourth-order valence-electron chi connectivity index (χ4n) is 3.12. The fraction of sp³-hybridized carbons (Fsp3) is 0.286. The minimum absolute atomic E-state index is 0. The highest BCUT2D eigenvalue weighted by molar-refractivity contribution is 5.85. The number of halogens is 1. The minimum atomic E-state index is 0. The molecular weight excluding hydrogens is 344 g/mol. The molecule has 3 aromatic rings. The zero-order chi connectivity index (χ0) is 17.5. The lowest BCUT2D eigenvalue weighted by Gasteiger charge is -2.21. The van der Waals surface area contributed by atoms with Crippen molar-refractivity contribution in [3.05, 3.63) is 78.0 Å². The molecule has 0 aliphatic rings. The highest BCUT2D eigenvalue weighted by Gasteiger charge is 2.13. The van der Waals surface area contributed by atoms with Gasteiger partial charge in [-0.15, -0.1) is 12.4 Å². The van der Waals surface area contributed by atoms with E-state index in [1.807, 2.05) is 17.8 Å². The molecule has 0 fully saturated rings. The Bertz CT molecular complexity index is 771. The van der Waals surface area contributed by atoms with Crippen LogP contribution >= 0.6 is 12.4 Å². The van der Waals surface area contributed by atoms with E-state index >= 15 is 0 Å². The number of hydrogen-bond donors (Lipinski definition) is 1. The summed E-state index contributed by atoms with van der Waals surface area (Å²) in [5.41, 5.74) is 10.7. The van der Waals surface area contributed by atoms with Gasteiger partial charge in [-0.1, -0.05) is 60.7 Å². The van der Waals surface area contributed by atoms with E-state index in [0.29, 0.717) is 6.54 Å². The number of rotatable bonds is 8. The van der Waals surface area contributed by atoms with Gasteiger partial charge in [0.2, 0.25) is 0 Å². The van der Waals surface area contributed by atoms with Gasteiger partial charge in [0.05, 0.1) is 5.69 Å². The first kappa shape index (κ1) is 20.2. The van der Waals surface area contributed by atoms with Crippen molar-refractivity contribution in [3.8, 4) is 11.3 Å².